The van der Waals surface area contributed by atoms with Gasteiger partial charge >= 0.3 is 0 Å². The minimum absolute atomic E-state index is 0.0610. The third-order valence-electron chi connectivity index (χ3n) is 4.39. The molecule has 1 unspecified atom stereocenters. The molecule has 1 atom stereocenters. The number of aliphatic hydroxyl groups is 1. The van der Waals surface area contributed by atoms with Gasteiger partial charge in [-0.3, -0.25) is 4.79 Å². The Labute approximate surface area is 178 Å². The second-order valence-corrected chi connectivity index (χ2v) is 7.23. The molecule has 0 radical (unpaired) electrons. The molecule has 7 nitrogen and oxygen atoms in total. The van der Waals surface area contributed by atoms with Crippen molar-refractivity contribution in [3.8, 4) is 28.1 Å². The van der Waals surface area contributed by atoms with Crippen LogP contribution in [0.15, 0.2) is 54.0 Å². The van der Waals surface area contributed by atoms with Gasteiger partial charge in [0.05, 0.1) is 7.11 Å². The Morgan fingerprint density at radius 3 is 2.73 bits per heavy atom. The van der Waals surface area contributed by atoms with E-state index in [1.165, 1.54) is 18.4 Å². The molecule has 8 heteroatoms. The minimum atomic E-state index is -1.24. The predicted molar refractivity (Wildman–Crippen MR) is 113 cm³/mol. The molecular weight excluding hydrogens is 402 g/mol. The number of rotatable bonds is 9. The summed E-state index contributed by atoms with van der Waals surface area (Å²) in [4.78, 5) is 16.5. The summed E-state index contributed by atoms with van der Waals surface area (Å²) in [7, 11) is 1.52. The van der Waals surface area contributed by atoms with Crippen molar-refractivity contribution in [3.05, 3.63) is 65.2 Å². The van der Waals surface area contributed by atoms with Crippen molar-refractivity contribution >= 4 is 17.2 Å². The summed E-state index contributed by atoms with van der Waals surface area (Å²) in [6.45, 7) is 0.295. The SMILES string of the molecule is COc1cc(CCNC(=O)C(O)c2ccc(-c3nccs3)cc2)ccc1OCC#N. The van der Waals surface area contributed by atoms with Gasteiger partial charge in [0, 0.05) is 23.7 Å². The molecule has 0 fully saturated rings. The average Bonchev–Trinajstić information content (AvgIpc) is 3.32. The molecule has 1 amide bonds. The van der Waals surface area contributed by atoms with Gasteiger partial charge in [-0.05, 0) is 29.7 Å². The lowest BCUT2D eigenvalue weighted by Gasteiger charge is -2.13. The Morgan fingerprint density at radius 2 is 2.07 bits per heavy atom. The Kier molecular flexibility index (Phi) is 7.38. The molecule has 0 bridgehead atoms. The number of aliphatic hydroxyl groups excluding tert-OH is 1. The van der Waals surface area contributed by atoms with Crippen LogP contribution in [0, 0.1) is 11.3 Å². The van der Waals surface area contributed by atoms with Crippen molar-refractivity contribution in [1.29, 1.82) is 5.26 Å². The fourth-order valence-corrected chi connectivity index (χ4v) is 3.49. The molecule has 0 aliphatic rings. The first-order chi connectivity index (χ1) is 14.6. The molecule has 0 saturated heterocycles. The molecule has 0 saturated carbocycles. The first kappa shape index (κ1) is 21.3. The van der Waals surface area contributed by atoms with E-state index in [-0.39, 0.29) is 6.61 Å². The second-order valence-electron chi connectivity index (χ2n) is 6.33. The zero-order valence-corrected chi connectivity index (χ0v) is 17.2. The van der Waals surface area contributed by atoms with E-state index in [1.54, 1.807) is 30.5 Å². The molecule has 1 aromatic heterocycles. The van der Waals surface area contributed by atoms with Crippen molar-refractivity contribution in [3.63, 3.8) is 0 Å². The third kappa shape index (κ3) is 5.35. The van der Waals surface area contributed by atoms with Crippen LogP contribution in [0.2, 0.25) is 0 Å². The number of ether oxygens (including phenoxy) is 2. The van der Waals surface area contributed by atoms with E-state index in [9.17, 15) is 9.90 Å². The number of nitrogens with zero attached hydrogens (tertiary/aromatic N) is 2. The maximum absolute atomic E-state index is 12.3. The van der Waals surface area contributed by atoms with Crippen molar-refractivity contribution in [2.24, 2.45) is 0 Å². The second kappa shape index (κ2) is 10.4. The summed E-state index contributed by atoms with van der Waals surface area (Å²) in [5.74, 6) is 0.552. The summed E-state index contributed by atoms with van der Waals surface area (Å²) >= 11 is 1.53. The first-order valence-corrected chi connectivity index (χ1v) is 10.1. The topological polar surface area (TPSA) is 104 Å². The predicted octanol–water partition coefficient (Wildman–Crippen LogP) is 3.11. The highest BCUT2D eigenvalue weighted by molar-refractivity contribution is 7.13. The Morgan fingerprint density at radius 1 is 1.27 bits per heavy atom. The summed E-state index contributed by atoms with van der Waals surface area (Å²) < 4.78 is 10.6. The average molecular weight is 423 g/mol. The van der Waals surface area contributed by atoms with Crippen LogP contribution >= 0.6 is 11.3 Å². The van der Waals surface area contributed by atoms with Crippen LogP contribution in [-0.4, -0.2) is 36.3 Å². The lowest BCUT2D eigenvalue weighted by molar-refractivity contribution is -0.129. The van der Waals surface area contributed by atoms with Gasteiger partial charge in [-0.2, -0.15) is 5.26 Å². The number of thiazole rings is 1. The van der Waals surface area contributed by atoms with Crippen molar-refractivity contribution < 1.29 is 19.4 Å². The number of hydrogen-bond donors (Lipinski definition) is 2. The summed E-state index contributed by atoms with van der Waals surface area (Å²) in [6.07, 6.45) is 1.04. The van der Waals surface area contributed by atoms with Crippen LogP contribution in [0.25, 0.3) is 10.6 Å². The van der Waals surface area contributed by atoms with Crippen LogP contribution in [0.4, 0.5) is 0 Å². The van der Waals surface area contributed by atoms with Gasteiger partial charge in [0.25, 0.3) is 5.91 Å². The molecule has 3 rings (SSSR count). The quantitative estimate of drug-likeness (QED) is 0.548. The molecule has 30 heavy (non-hydrogen) atoms. The van der Waals surface area contributed by atoms with Gasteiger partial charge in [0.1, 0.15) is 11.1 Å². The van der Waals surface area contributed by atoms with Gasteiger partial charge < -0.3 is 19.9 Å². The molecule has 0 aliphatic heterocycles. The summed E-state index contributed by atoms with van der Waals surface area (Å²) in [5.41, 5.74) is 2.39. The van der Waals surface area contributed by atoms with Gasteiger partial charge in [0.2, 0.25) is 0 Å². The maximum Gasteiger partial charge on any atom is 0.253 e. The molecule has 154 valence electrons. The fraction of sp³-hybridized carbons (Fsp3) is 0.227. The van der Waals surface area contributed by atoms with E-state index >= 15 is 0 Å². The van der Waals surface area contributed by atoms with E-state index in [1.807, 2.05) is 29.6 Å². The number of amides is 1. The number of methoxy groups -OCH3 is 1. The van der Waals surface area contributed by atoms with Gasteiger partial charge in [-0.1, -0.05) is 30.3 Å². The Balaban J connectivity index is 1.53. The van der Waals surface area contributed by atoms with E-state index in [2.05, 4.69) is 10.3 Å². The van der Waals surface area contributed by atoms with E-state index in [0.717, 1.165) is 16.1 Å². The number of carbonyl (C=O) groups excluding carboxylic acids is 1. The maximum atomic E-state index is 12.3. The van der Waals surface area contributed by atoms with Crippen molar-refractivity contribution in [1.82, 2.24) is 10.3 Å². The lowest BCUT2D eigenvalue weighted by Crippen LogP contribution is -2.30. The van der Waals surface area contributed by atoms with E-state index in [0.29, 0.717) is 30.0 Å². The van der Waals surface area contributed by atoms with Crippen LogP contribution in [0.3, 0.4) is 0 Å². The number of benzene rings is 2. The van der Waals surface area contributed by atoms with Gasteiger partial charge in [-0.25, -0.2) is 4.98 Å². The van der Waals surface area contributed by atoms with Crippen molar-refractivity contribution in [2.75, 3.05) is 20.3 Å². The van der Waals surface area contributed by atoms with Crippen LogP contribution < -0.4 is 14.8 Å². The Bertz CT molecular complexity index is 1010. The highest BCUT2D eigenvalue weighted by Crippen LogP contribution is 2.28. The van der Waals surface area contributed by atoms with Crippen LogP contribution in [0.5, 0.6) is 11.5 Å². The normalized spacial score (nSPS) is 11.4. The van der Waals surface area contributed by atoms with E-state index in [4.69, 9.17) is 14.7 Å². The third-order valence-corrected chi connectivity index (χ3v) is 5.21. The van der Waals surface area contributed by atoms with Crippen molar-refractivity contribution in [2.45, 2.75) is 12.5 Å². The van der Waals surface area contributed by atoms with Gasteiger partial charge in [-0.15, -0.1) is 11.3 Å². The molecular formula is C22H21N3O4S. The minimum Gasteiger partial charge on any atom is -0.493 e. The van der Waals surface area contributed by atoms with Gasteiger partial charge in [0.15, 0.2) is 24.2 Å². The summed E-state index contributed by atoms with van der Waals surface area (Å²) in [6, 6.07) is 14.4. The molecule has 0 aliphatic carbocycles. The number of aromatic nitrogens is 1. The van der Waals surface area contributed by atoms with Crippen LogP contribution in [0.1, 0.15) is 17.2 Å². The monoisotopic (exact) mass is 423 g/mol. The number of nitriles is 1. The number of nitrogens with one attached hydrogen (secondary N) is 1. The first-order valence-electron chi connectivity index (χ1n) is 9.24. The highest BCUT2D eigenvalue weighted by Gasteiger charge is 2.17. The zero-order chi connectivity index (χ0) is 21.3. The smallest absolute Gasteiger partial charge is 0.253 e. The number of hydrogen-bond acceptors (Lipinski definition) is 7. The standard InChI is InChI=1S/C22H21N3O4S/c1-28-19-14-15(2-7-18(19)29-12-9-23)8-10-24-21(27)20(26)16-3-5-17(6-4-16)22-25-11-13-30-22/h2-7,11,13-14,20,26H,8,10,12H2,1H3,(H,24,27). The largest absolute Gasteiger partial charge is 0.493 e. The van der Waals surface area contributed by atoms with E-state index < -0.39 is 12.0 Å². The Hall–Kier alpha value is -3.41. The van der Waals surface area contributed by atoms with Crippen LogP contribution in [-0.2, 0) is 11.2 Å². The molecule has 2 N–H and O–H groups in total. The molecule has 2 aromatic carbocycles. The highest BCUT2D eigenvalue weighted by atomic mass is 32.1. The number of carbonyl (C=O) groups is 1. The molecule has 3 aromatic rings. The zero-order valence-electron chi connectivity index (χ0n) is 16.4. The molecule has 0 spiro atoms. The molecule has 1 heterocycles. The lowest BCUT2D eigenvalue weighted by atomic mass is 10.1. The fourth-order valence-electron chi connectivity index (χ4n) is 2.85. The summed E-state index contributed by atoms with van der Waals surface area (Å²) in [5, 5.41) is 24.5.